The minimum absolute atomic E-state index is 0.0669. The molecule has 0 unspecified atom stereocenters. The van der Waals surface area contributed by atoms with Crippen molar-refractivity contribution in [3.8, 4) is 0 Å². The molecule has 1 amide bonds. The molecule has 31 heavy (non-hydrogen) atoms. The predicted octanol–water partition coefficient (Wildman–Crippen LogP) is 3.27. The lowest BCUT2D eigenvalue weighted by Gasteiger charge is -2.25. The zero-order valence-corrected chi connectivity index (χ0v) is 19.8. The second-order valence-electron chi connectivity index (χ2n) is 8.86. The van der Waals surface area contributed by atoms with Gasteiger partial charge in [-0.3, -0.25) is 4.79 Å². The fourth-order valence-electron chi connectivity index (χ4n) is 2.24. The number of carbonyl (C=O) groups is 3. The maximum Gasteiger partial charge on any atom is 0.408 e. The van der Waals surface area contributed by atoms with Crippen molar-refractivity contribution in [2.75, 3.05) is 6.54 Å². The van der Waals surface area contributed by atoms with Gasteiger partial charge >= 0.3 is 18.0 Å². The van der Waals surface area contributed by atoms with Crippen LogP contribution in [-0.2, 0) is 30.4 Å². The molecule has 0 bridgehead atoms. The van der Waals surface area contributed by atoms with E-state index in [4.69, 9.17) is 26.4 Å². The number of hydrogen-bond donors (Lipinski definition) is 2. The van der Waals surface area contributed by atoms with E-state index in [1.54, 1.807) is 41.5 Å². The Kier molecular flexibility index (Phi) is 9.90. The van der Waals surface area contributed by atoms with Crippen molar-refractivity contribution in [3.05, 3.63) is 35.9 Å². The van der Waals surface area contributed by atoms with Gasteiger partial charge in [0.05, 0.1) is 18.0 Å². The fourth-order valence-corrected chi connectivity index (χ4v) is 2.46. The van der Waals surface area contributed by atoms with Crippen molar-refractivity contribution in [1.82, 2.24) is 10.6 Å². The van der Waals surface area contributed by atoms with Gasteiger partial charge < -0.3 is 24.8 Å². The maximum absolute atomic E-state index is 12.6. The summed E-state index contributed by atoms with van der Waals surface area (Å²) < 4.78 is 15.8. The first-order valence-electron chi connectivity index (χ1n) is 9.94. The Hall–Kier alpha value is -2.68. The lowest BCUT2D eigenvalue weighted by molar-refractivity contribution is -0.160. The molecule has 0 aliphatic rings. The van der Waals surface area contributed by atoms with Crippen LogP contribution in [0.25, 0.3) is 0 Å². The summed E-state index contributed by atoms with van der Waals surface area (Å²) in [6.07, 6.45) is -0.929. The van der Waals surface area contributed by atoms with Crippen molar-refractivity contribution < 1.29 is 28.6 Å². The second-order valence-corrected chi connectivity index (χ2v) is 9.35. The van der Waals surface area contributed by atoms with Crippen LogP contribution in [0.1, 0.15) is 53.5 Å². The van der Waals surface area contributed by atoms with Gasteiger partial charge in [-0.15, -0.1) is 0 Å². The lowest BCUT2D eigenvalue weighted by atomic mass is 10.1. The van der Waals surface area contributed by atoms with Crippen LogP contribution in [0.2, 0.25) is 0 Å². The van der Waals surface area contributed by atoms with Gasteiger partial charge in [0.1, 0.15) is 23.9 Å². The van der Waals surface area contributed by atoms with Gasteiger partial charge in [0.2, 0.25) is 0 Å². The third-order valence-corrected chi connectivity index (χ3v) is 3.69. The van der Waals surface area contributed by atoms with Crippen molar-refractivity contribution in [2.24, 2.45) is 0 Å². The molecular weight excluding hydrogens is 420 g/mol. The molecule has 0 aliphatic heterocycles. The van der Waals surface area contributed by atoms with Gasteiger partial charge in [-0.2, -0.15) is 0 Å². The number of thiocarbonyl (C=S) groups is 1. The van der Waals surface area contributed by atoms with E-state index in [-0.39, 0.29) is 24.6 Å². The monoisotopic (exact) mass is 452 g/mol. The van der Waals surface area contributed by atoms with Crippen LogP contribution in [0.3, 0.4) is 0 Å². The van der Waals surface area contributed by atoms with E-state index in [0.29, 0.717) is 0 Å². The minimum Gasteiger partial charge on any atom is -0.461 e. The average Bonchev–Trinajstić information content (AvgIpc) is 2.62. The molecule has 0 aromatic heterocycles. The lowest BCUT2D eigenvalue weighted by Crippen LogP contribution is -2.48. The van der Waals surface area contributed by atoms with Crippen LogP contribution in [-0.4, -0.2) is 46.8 Å². The highest BCUT2D eigenvalue weighted by molar-refractivity contribution is 7.80. The molecule has 0 aliphatic carbocycles. The number of ether oxygens (including phenoxy) is 3. The Morgan fingerprint density at radius 3 is 2.10 bits per heavy atom. The largest absolute Gasteiger partial charge is 0.461 e. The molecule has 2 N–H and O–H groups in total. The van der Waals surface area contributed by atoms with E-state index in [2.05, 4.69) is 10.6 Å². The molecule has 9 heteroatoms. The van der Waals surface area contributed by atoms with Crippen LogP contribution < -0.4 is 10.6 Å². The highest BCUT2D eigenvalue weighted by Crippen LogP contribution is 2.11. The summed E-state index contributed by atoms with van der Waals surface area (Å²) in [5.41, 5.74) is -0.572. The number of alkyl carbamates (subject to hydrolysis) is 1. The number of hydrogen-bond acceptors (Lipinski definition) is 7. The topological polar surface area (TPSA) is 103 Å². The number of rotatable bonds is 8. The average molecular weight is 453 g/mol. The van der Waals surface area contributed by atoms with Gasteiger partial charge in [-0.1, -0.05) is 42.5 Å². The van der Waals surface area contributed by atoms with Crippen molar-refractivity contribution in [1.29, 1.82) is 0 Å². The van der Waals surface area contributed by atoms with Gasteiger partial charge in [-0.25, -0.2) is 9.59 Å². The van der Waals surface area contributed by atoms with Crippen LogP contribution in [0.4, 0.5) is 4.79 Å². The first-order valence-corrected chi connectivity index (χ1v) is 10.3. The van der Waals surface area contributed by atoms with Crippen molar-refractivity contribution >= 4 is 35.2 Å². The van der Waals surface area contributed by atoms with E-state index >= 15 is 0 Å². The first kappa shape index (κ1) is 26.4. The molecule has 0 saturated carbocycles. The summed E-state index contributed by atoms with van der Waals surface area (Å²) >= 11 is 5.20. The third-order valence-electron chi connectivity index (χ3n) is 3.43. The maximum atomic E-state index is 12.6. The number of carbonyl (C=O) groups excluding carboxylic acids is 3. The third kappa shape index (κ3) is 12.6. The van der Waals surface area contributed by atoms with Crippen LogP contribution in [0, 0.1) is 0 Å². The SMILES string of the molecule is CC(C)(C)OC(=O)NCC(=S)N[C@@H](CC(=O)OCc1ccccc1)C(=O)OC(C)(C)C. The predicted molar refractivity (Wildman–Crippen MR) is 120 cm³/mol. The molecule has 1 aromatic carbocycles. The number of esters is 2. The molecule has 8 nitrogen and oxygen atoms in total. The standard InChI is InChI=1S/C22H32N2O6S/c1-21(2,3)29-19(26)16(12-18(25)28-14-15-10-8-7-9-11-15)24-17(31)13-23-20(27)30-22(4,5)6/h7-11,16H,12-14H2,1-6H3,(H,23,27)(H,24,31)/t16-/m0/s1. The van der Waals surface area contributed by atoms with Gasteiger partial charge in [0, 0.05) is 0 Å². The molecule has 1 rings (SSSR count). The molecular formula is C22H32N2O6S. The Morgan fingerprint density at radius 1 is 0.968 bits per heavy atom. The summed E-state index contributed by atoms with van der Waals surface area (Å²) in [4.78, 5) is 36.8. The van der Waals surface area contributed by atoms with Gasteiger partial charge in [-0.05, 0) is 47.1 Å². The highest BCUT2D eigenvalue weighted by Gasteiger charge is 2.29. The highest BCUT2D eigenvalue weighted by atomic mass is 32.1. The quantitative estimate of drug-likeness (QED) is 0.352. The van der Waals surface area contributed by atoms with E-state index in [1.165, 1.54) is 0 Å². The zero-order valence-electron chi connectivity index (χ0n) is 18.9. The second kappa shape index (κ2) is 11.6. The zero-order chi connectivity index (χ0) is 23.7. The molecule has 0 spiro atoms. The van der Waals surface area contributed by atoms with Crippen LogP contribution >= 0.6 is 12.2 Å². The molecule has 0 radical (unpaired) electrons. The first-order chi connectivity index (χ1) is 14.2. The minimum atomic E-state index is -1.06. The van der Waals surface area contributed by atoms with E-state index < -0.39 is 35.3 Å². The summed E-state index contributed by atoms with van der Waals surface area (Å²) in [5.74, 6) is -1.24. The smallest absolute Gasteiger partial charge is 0.408 e. The van der Waals surface area contributed by atoms with E-state index in [0.717, 1.165) is 5.56 Å². The fraction of sp³-hybridized carbons (Fsp3) is 0.545. The summed E-state index contributed by atoms with van der Waals surface area (Å²) in [6, 6.07) is 8.13. The summed E-state index contributed by atoms with van der Waals surface area (Å²) in [5, 5.41) is 5.27. The number of nitrogens with one attached hydrogen (secondary N) is 2. The van der Waals surface area contributed by atoms with Crippen LogP contribution in [0.15, 0.2) is 30.3 Å². The Morgan fingerprint density at radius 2 is 1.55 bits per heavy atom. The van der Waals surface area contributed by atoms with Crippen molar-refractivity contribution in [3.63, 3.8) is 0 Å². The Bertz CT molecular complexity index is 768. The molecule has 0 fully saturated rings. The summed E-state index contributed by atoms with van der Waals surface area (Å²) in [6.45, 7) is 10.4. The molecule has 0 saturated heterocycles. The number of amides is 1. The Balaban J connectivity index is 2.68. The van der Waals surface area contributed by atoms with E-state index in [1.807, 2.05) is 30.3 Å². The molecule has 1 atom stereocenters. The van der Waals surface area contributed by atoms with Crippen LogP contribution in [0.5, 0.6) is 0 Å². The van der Waals surface area contributed by atoms with E-state index in [9.17, 15) is 14.4 Å². The summed E-state index contributed by atoms with van der Waals surface area (Å²) in [7, 11) is 0. The number of benzene rings is 1. The molecule has 1 aromatic rings. The van der Waals surface area contributed by atoms with Crippen molar-refractivity contribution in [2.45, 2.75) is 71.8 Å². The Labute approximate surface area is 189 Å². The normalized spacial score (nSPS) is 12.3. The van der Waals surface area contributed by atoms with Gasteiger partial charge in [0.15, 0.2) is 0 Å². The van der Waals surface area contributed by atoms with Gasteiger partial charge in [0.25, 0.3) is 0 Å². The molecule has 0 heterocycles. The molecule has 172 valence electrons.